The summed E-state index contributed by atoms with van der Waals surface area (Å²) in [6, 6.07) is 7.01. The van der Waals surface area contributed by atoms with E-state index in [1.807, 2.05) is 0 Å². The molecule has 0 aromatic heterocycles. The average molecular weight is 266 g/mol. The third-order valence-electron chi connectivity index (χ3n) is 2.34. The maximum atomic E-state index is 13.4. The number of halogens is 2. The number of nitro benzene ring substituents is 1. The number of anilines is 1. The fraction of sp³-hybridized carbons (Fsp3) is 0. The summed E-state index contributed by atoms with van der Waals surface area (Å²) in [5.74, 6) is -2.44. The molecular weight excluding hydrogens is 258 g/mol. The summed E-state index contributed by atoms with van der Waals surface area (Å²) in [6.07, 6.45) is 0. The highest BCUT2D eigenvalue weighted by molar-refractivity contribution is 5.61. The Morgan fingerprint density at radius 3 is 2.58 bits per heavy atom. The molecule has 0 saturated heterocycles. The third-order valence-corrected chi connectivity index (χ3v) is 2.34. The summed E-state index contributed by atoms with van der Waals surface area (Å²) in [4.78, 5) is 9.91. The van der Waals surface area contributed by atoms with Crippen molar-refractivity contribution in [2.75, 3.05) is 5.73 Å². The number of nitro groups is 1. The number of nitrogens with two attached hydrogens (primary N) is 1. The molecule has 5 nitrogen and oxygen atoms in total. The minimum Gasteiger partial charge on any atom is -0.454 e. The van der Waals surface area contributed by atoms with Gasteiger partial charge in [0.25, 0.3) is 5.69 Å². The molecule has 0 heterocycles. The van der Waals surface area contributed by atoms with Gasteiger partial charge in [0, 0.05) is 12.1 Å². The van der Waals surface area contributed by atoms with Crippen LogP contribution in [0.15, 0.2) is 36.4 Å². The Hall–Kier alpha value is -2.70. The SMILES string of the molecule is Nc1cc(Oc2cccc(F)c2F)ccc1[N+](=O)[O-]. The number of hydrogen-bond donors (Lipinski definition) is 1. The van der Waals surface area contributed by atoms with Crippen LogP contribution in [-0.4, -0.2) is 4.92 Å². The van der Waals surface area contributed by atoms with E-state index in [1.165, 1.54) is 24.3 Å². The fourth-order valence-corrected chi connectivity index (χ4v) is 1.45. The summed E-state index contributed by atoms with van der Waals surface area (Å²) < 4.78 is 31.4. The minimum absolute atomic E-state index is 0.0765. The molecule has 0 spiro atoms. The monoisotopic (exact) mass is 266 g/mol. The van der Waals surface area contributed by atoms with E-state index in [1.54, 1.807) is 0 Å². The molecule has 0 amide bonds. The molecule has 2 aromatic carbocycles. The highest BCUT2D eigenvalue weighted by Gasteiger charge is 2.14. The summed E-state index contributed by atoms with van der Waals surface area (Å²) in [5.41, 5.74) is 5.04. The zero-order valence-corrected chi connectivity index (χ0v) is 9.47. The Balaban J connectivity index is 2.32. The van der Waals surface area contributed by atoms with Gasteiger partial charge in [-0.1, -0.05) is 6.07 Å². The zero-order chi connectivity index (χ0) is 14.0. The van der Waals surface area contributed by atoms with Crippen molar-refractivity contribution in [1.82, 2.24) is 0 Å². The molecular formula is C12H8F2N2O3. The first-order chi connectivity index (χ1) is 8.99. The van der Waals surface area contributed by atoms with Crippen LogP contribution in [0.4, 0.5) is 20.2 Å². The van der Waals surface area contributed by atoms with E-state index >= 15 is 0 Å². The first-order valence-corrected chi connectivity index (χ1v) is 5.15. The number of ether oxygens (including phenoxy) is 1. The van der Waals surface area contributed by atoms with Gasteiger partial charge in [0.05, 0.1) is 4.92 Å². The molecule has 2 rings (SSSR count). The Morgan fingerprint density at radius 1 is 1.21 bits per heavy atom. The predicted octanol–water partition coefficient (Wildman–Crippen LogP) is 3.25. The van der Waals surface area contributed by atoms with Crippen LogP contribution in [0.3, 0.4) is 0 Å². The van der Waals surface area contributed by atoms with Crippen LogP contribution < -0.4 is 10.5 Å². The van der Waals surface area contributed by atoms with E-state index in [0.717, 1.165) is 12.1 Å². The van der Waals surface area contributed by atoms with Crippen molar-refractivity contribution in [3.63, 3.8) is 0 Å². The first kappa shape index (κ1) is 12.7. The molecule has 0 aliphatic rings. The largest absolute Gasteiger partial charge is 0.454 e. The summed E-state index contributed by atoms with van der Waals surface area (Å²) in [5, 5.41) is 10.6. The van der Waals surface area contributed by atoms with E-state index in [9.17, 15) is 18.9 Å². The van der Waals surface area contributed by atoms with E-state index in [-0.39, 0.29) is 22.9 Å². The maximum absolute atomic E-state index is 13.4. The van der Waals surface area contributed by atoms with E-state index in [0.29, 0.717) is 0 Å². The average Bonchev–Trinajstić information content (AvgIpc) is 2.34. The van der Waals surface area contributed by atoms with Gasteiger partial charge in [-0.05, 0) is 18.2 Å². The van der Waals surface area contributed by atoms with E-state index < -0.39 is 16.6 Å². The quantitative estimate of drug-likeness (QED) is 0.525. The molecule has 0 bridgehead atoms. The van der Waals surface area contributed by atoms with Gasteiger partial charge in [-0.3, -0.25) is 10.1 Å². The summed E-state index contributed by atoms with van der Waals surface area (Å²) >= 11 is 0. The molecule has 0 aliphatic heterocycles. The number of nitrogen functional groups attached to an aromatic ring is 1. The number of rotatable bonds is 3. The standard InChI is InChI=1S/C12H8F2N2O3/c13-8-2-1-3-11(12(8)14)19-7-4-5-10(16(17)18)9(15)6-7/h1-6H,15H2. The van der Waals surface area contributed by atoms with Gasteiger partial charge in [0.15, 0.2) is 11.6 Å². The minimum atomic E-state index is -1.14. The molecule has 98 valence electrons. The van der Waals surface area contributed by atoms with Crippen LogP contribution in [0.1, 0.15) is 0 Å². The van der Waals surface area contributed by atoms with E-state index in [4.69, 9.17) is 10.5 Å². The van der Waals surface area contributed by atoms with Crippen LogP contribution in [-0.2, 0) is 0 Å². The van der Waals surface area contributed by atoms with Gasteiger partial charge in [0.1, 0.15) is 11.4 Å². The Labute approximate surface area is 106 Å². The fourth-order valence-electron chi connectivity index (χ4n) is 1.45. The normalized spacial score (nSPS) is 10.2. The van der Waals surface area contributed by atoms with Crippen molar-refractivity contribution < 1.29 is 18.4 Å². The van der Waals surface area contributed by atoms with Crippen LogP contribution in [0.2, 0.25) is 0 Å². The molecule has 2 N–H and O–H groups in total. The molecule has 0 fully saturated rings. The van der Waals surface area contributed by atoms with Gasteiger partial charge in [-0.2, -0.15) is 4.39 Å². The van der Waals surface area contributed by atoms with Gasteiger partial charge >= 0.3 is 0 Å². The van der Waals surface area contributed by atoms with Crippen molar-refractivity contribution in [2.45, 2.75) is 0 Å². The van der Waals surface area contributed by atoms with Crippen molar-refractivity contribution >= 4 is 11.4 Å². The molecule has 2 aromatic rings. The van der Waals surface area contributed by atoms with Crippen molar-refractivity contribution in [2.24, 2.45) is 0 Å². The van der Waals surface area contributed by atoms with Gasteiger partial charge in [-0.15, -0.1) is 0 Å². The molecule has 19 heavy (non-hydrogen) atoms. The second-order valence-corrected chi connectivity index (χ2v) is 3.63. The summed E-state index contributed by atoms with van der Waals surface area (Å²) in [6.45, 7) is 0. The smallest absolute Gasteiger partial charge is 0.292 e. The van der Waals surface area contributed by atoms with Crippen molar-refractivity contribution in [3.8, 4) is 11.5 Å². The van der Waals surface area contributed by atoms with Crippen molar-refractivity contribution in [1.29, 1.82) is 0 Å². The lowest BCUT2D eigenvalue weighted by atomic mass is 10.2. The topological polar surface area (TPSA) is 78.4 Å². The van der Waals surface area contributed by atoms with E-state index in [2.05, 4.69) is 0 Å². The molecule has 0 saturated carbocycles. The molecule has 7 heteroatoms. The lowest BCUT2D eigenvalue weighted by molar-refractivity contribution is -0.383. The van der Waals surface area contributed by atoms with Crippen molar-refractivity contribution in [3.05, 3.63) is 58.1 Å². The number of nitrogens with zero attached hydrogens (tertiary/aromatic N) is 1. The van der Waals surface area contributed by atoms with Crippen LogP contribution >= 0.6 is 0 Å². The third kappa shape index (κ3) is 2.59. The lowest BCUT2D eigenvalue weighted by Gasteiger charge is -2.07. The zero-order valence-electron chi connectivity index (χ0n) is 9.47. The van der Waals surface area contributed by atoms with Gasteiger partial charge in [0.2, 0.25) is 5.82 Å². The second-order valence-electron chi connectivity index (χ2n) is 3.63. The second kappa shape index (κ2) is 4.89. The molecule has 0 unspecified atom stereocenters. The summed E-state index contributed by atoms with van der Waals surface area (Å²) in [7, 11) is 0. The van der Waals surface area contributed by atoms with Crippen LogP contribution in [0.5, 0.6) is 11.5 Å². The highest BCUT2D eigenvalue weighted by atomic mass is 19.2. The molecule has 0 radical (unpaired) electrons. The van der Waals surface area contributed by atoms with Gasteiger partial charge in [-0.25, -0.2) is 4.39 Å². The Bertz CT molecular complexity index is 647. The highest BCUT2D eigenvalue weighted by Crippen LogP contribution is 2.30. The van der Waals surface area contributed by atoms with Crippen LogP contribution in [0, 0.1) is 21.7 Å². The molecule has 0 atom stereocenters. The maximum Gasteiger partial charge on any atom is 0.292 e. The number of hydrogen-bond acceptors (Lipinski definition) is 4. The molecule has 0 aliphatic carbocycles. The number of benzene rings is 2. The Kier molecular flexibility index (Phi) is 3.28. The Morgan fingerprint density at radius 2 is 1.95 bits per heavy atom. The van der Waals surface area contributed by atoms with Crippen LogP contribution in [0.25, 0.3) is 0 Å². The first-order valence-electron chi connectivity index (χ1n) is 5.15. The lowest BCUT2D eigenvalue weighted by Crippen LogP contribution is -1.97. The van der Waals surface area contributed by atoms with Gasteiger partial charge < -0.3 is 10.5 Å². The predicted molar refractivity (Wildman–Crippen MR) is 63.9 cm³/mol.